The number of aromatic nitrogens is 4. The van der Waals surface area contributed by atoms with Gasteiger partial charge in [0.25, 0.3) is 11.8 Å². The number of carbonyl (C=O) groups is 7. The van der Waals surface area contributed by atoms with Crippen LogP contribution in [0.25, 0.3) is 11.2 Å². The van der Waals surface area contributed by atoms with E-state index in [9.17, 15) is 38.4 Å². The van der Waals surface area contributed by atoms with Crippen LogP contribution in [0.1, 0.15) is 69.6 Å². The Balaban J connectivity index is 0.875. The standard InChI is InChI=1S/C54H75N13O14/c1-5-80-52-63-47(55)46-48(64-52)67(53(74)62-46)32-38-11-8-37(29-41(38)76-4)31-65-20-16-35(17-21-65)30-58-54(75)81-33-36-9-12-39(13-10-36)59-49(71)40(7-6-19-57-51(56)73)60-50(72)45(34(2)3)61-42(68)18-23-77-25-27-79-28-26-78-24-22-66-43(69)14-15-44(66)70/h8-15,29,34-35,40,45H,5-7,16-28,30-33H2,1-4H3,(H,58,75)(H,59,71)(H,60,72)(H,61,68)(H,62,74)(H2,55,63,64)(H3,56,57,73)/t40-,45-/m0/s1. The number of likely N-dealkylation sites (tertiary alicyclic amines) is 1. The topological polar surface area (TPSA) is 357 Å². The number of hydrogen-bond acceptors (Lipinski definition) is 18. The molecule has 0 unspecified atom stereocenters. The Bertz CT molecular complexity index is 2850. The number of nitrogens with one attached hydrogen (secondary N) is 6. The van der Waals surface area contributed by atoms with Crippen molar-refractivity contribution in [2.24, 2.45) is 17.6 Å². The van der Waals surface area contributed by atoms with Gasteiger partial charge < -0.3 is 71.5 Å². The minimum atomic E-state index is -1.05. The Kier molecular flexibility index (Phi) is 24.2. The molecule has 0 radical (unpaired) electrons. The molecular weight excluding hydrogens is 1050 g/mol. The van der Waals surface area contributed by atoms with Crippen LogP contribution in [0.4, 0.5) is 21.1 Å². The van der Waals surface area contributed by atoms with Gasteiger partial charge in [-0.2, -0.15) is 9.97 Å². The molecule has 2 aromatic heterocycles. The normalized spacial score (nSPS) is 14.5. The van der Waals surface area contributed by atoms with E-state index >= 15 is 0 Å². The molecule has 4 heterocycles. The van der Waals surface area contributed by atoms with E-state index in [0.717, 1.165) is 42.0 Å². The molecule has 0 aliphatic carbocycles. The predicted molar refractivity (Wildman–Crippen MR) is 296 cm³/mol. The Morgan fingerprint density at radius 2 is 1.51 bits per heavy atom. The molecule has 440 valence electrons. The average molecular weight is 1130 g/mol. The van der Waals surface area contributed by atoms with Gasteiger partial charge in [0, 0.05) is 49.5 Å². The molecule has 1 saturated heterocycles. The van der Waals surface area contributed by atoms with E-state index < -0.39 is 41.9 Å². The first-order valence-corrected chi connectivity index (χ1v) is 27.0. The molecule has 81 heavy (non-hydrogen) atoms. The van der Waals surface area contributed by atoms with Gasteiger partial charge in [0.2, 0.25) is 17.7 Å². The van der Waals surface area contributed by atoms with E-state index in [0.29, 0.717) is 54.3 Å². The molecule has 0 saturated carbocycles. The summed E-state index contributed by atoms with van der Waals surface area (Å²) in [6, 6.07) is 9.93. The van der Waals surface area contributed by atoms with Gasteiger partial charge in [-0.05, 0) is 86.9 Å². The average Bonchev–Trinajstić information content (AvgIpc) is 4.16. The summed E-state index contributed by atoms with van der Waals surface area (Å²) in [7, 11) is 1.59. The Labute approximate surface area is 468 Å². The van der Waals surface area contributed by atoms with Crippen LogP contribution in [0.3, 0.4) is 0 Å². The van der Waals surface area contributed by atoms with E-state index in [1.54, 1.807) is 52.1 Å². The van der Waals surface area contributed by atoms with Crippen molar-refractivity contribution >= 4 is 64.3 Å². The maximum atomic E-state index is 13.6. The third kappa shape index (κ3) is 19.6. The van der Waals surface area contributed by atoms with Crippen LogP contribution in [0.15, 0.2) is 59.4 Å². The van der Waals surface area contributed by atoms with Crippen molar-refractivity contribution in [2.75, 3.05) is 97.1 Å². The quantitative estimate of drug-likeness (QED) is 0.0248. The second-order valence-electron chi connectivity index (χ2n) is 19.6. The fraction of sp³-hybridized carbons (Fsp3) is 0.519. The Morgan fingerprint density at radius 3 is 2.17 bits per heavy atom. The Morgan fingerprint density at radius 1 is 0.827 bits per heavy atom. The SMILES string of the molecule is CCOc1nc(N)c2[nH]c(=O)n(Cc3ccc(CN4CCC(CNC(=O)OCc5ccc(NC(=O)[C@H](CCCNC(N)=O)NC(=O)[C@@H](NC(=O)CCOCCOCCOCCN6C(=O)C=CC6=O)C(C)C)cc5)CC4)cc3OC)c2n1. The van der Waals surface area contributed by atoms with Crippen LogP contribution in [0.2, 0.25) is 0 Å². The van der Waals surface area contributed by atoms with Crippen LogP contribution in [0.5, 0.6) is 11.8 Å². The molecular formula is C54H75N13O14. The third-order valence-corrected chi connectivity index (χ3v) is 13.3. The molecule has 0 spiro atoms. The van der Waals surface area contributed by atoms with Crippen molar-refractivity contribution in [3.8, 4) is 11.8 Å². The zero-order valence-electron chi connectivity index (χ0n) is 46.3. The number of carbonyl (C=O) groups excluding carboxylic acids is 7. The third-order valence-electron chi connectivity index (χ3n) is 13.3. The highest BCUT2D eigenvalue weighted by Crippen LogP contribution is 2.26. The lowest BCUT2D eigenvalue weighted by Crippen LogP contribution is -2.54. The summed E-state index contributed by atoms with van der Waals surface area (Å²) in [5, 5.41) is 13.7. The molecule has 8 amide bonds. The number of anilines is 2. The van der Waals surface area contributed by atoms with Crippen LogP contribution < -0.4 is 53.2 Å². The van der Waals surface area contributed by atoms with Gasteiger partial charge in [-0.15, -0.1) is 0 Å². The fourth-order valence-corrected chi connectivity index (χ4v) is 8.85. The van der Waals surface area contributed by atoms with Gasteiger partial charge in [-0.3, -0.25) is 38.3 Å². The van der Waals surface area contributed by atoms with Crippen molar-refractivity contribution < 1.29 is 62.0 Å². The van der Waals surface area contributed by atoms with Crippen molar-refractivity contribution in [1.82, 2.24) is 50.6 Å². The number of fused-ring (bicyclic) bond motifs is 1. The number of nitrogen functional groups attached to an aromatic ring is 1. The lowest BCUT2D eigenvalue weighted by atomic mass is 9.96. The summed E-state index contributed by atoms with van der Waals surface area (Å²) in [6.45, 7) is 10.1. The minimum Gasteiger partial charge on any atom is -0.496 e. The van der Waals surface area contributed by atoms with E-state index in [1.807, 2.05) is 18.2 Å². The first kappa shape index (κ1) is 62.1. The summed E-state index contributed by atoms with van der Waals surface area (Å²) in [6.07, 6.45) is 4.00. The molecule has 1 fully saturated rings. The van der Waals surface area contributed by atoms with Crippen LogP contribution in [-0.2, 0) is 62.6 Å². The van der Waals surface area contributed by atoms with E-state index in [1.165, 1.54) is 16.7 Å². The minimum absolute atomic E-state index is 0.0164. The highest BCUT2D eigenvalue weighted by atomic mass is 16.6. The van der Waals surface area contributed by atoms with Crippen LogP contribution >= 0.6 is 0 Å². The van der Waals surface area contributed by atoms with E-state index in [4.69, 9.17) is 39.9 Å². The number of hydrogen-bond donors (Lipinski definition) is 8. The summed E-state index contributed by atoms with van der Waals surface area (Å²) < 4.78 is 34.5. The highest BCUT2D eigenvalue weighted by molar-refractivity contribution is 6.12. The highest BCUT2D eigenvalue weighted by Gasteiger charge is 2.29. The summed E-state index contributed by atoms with van der Waals surface area (Å²) >= 11 is 0. The van der Waals surface area contributed by atoms with Gasteiger partial charge in [0.1, 0.15) is 30.0 Å². The first-order chi connectivity index (χ1) is 39.0. The maximum Gasteiger partial charge on any atom is 0.407 e. The zero-order valence-corrected chi connectivity index (χ0v) is 46.3. The molecule has 2 atom stereocenters. The lowest BCUT2D eigenvalue weighted by Gasteiger charge is -2.32. The van der Waals surface area contributed by atoms with Gasteiger partial charge >= 0.3 is 23.8 Å². The van der Waals surface area contributed by atoms with E-state index in [-0.39, 0.29) is 120 Å². The van der Waals surface area contributed by atoms with Crippen molar-refractivity contribution in [3.63, 3.8) is 0 Å². The number of methoxy groups -OCH3 is 1. The van der Waals surface area contributed by atoms with Crippen molar-refractivity contribution in [2.45, 2.75) is 84.7 Å². The molecule has 2 aromatic carbocycles. The number of nitrogens with two attached hydrogens (primary N) is 2. The van der Waals surface area contributed by atoms with E-state index in [2.05, 4.69) is 46.4 Å². The van der Waals surface area contributed by atoms with Crippen LogP contribution in [-0.4, -0.2) is 169 Å². The number of rotatable bonds is 33. The summed E-state index contributed by atoms with van der Waals surface area (Å²) in [5.74, 6) is -1.63. The second kappa shape index (κ2) is 31.6. The summed E-state index contributed by atoms with van der Waals surface area (Å²) in [4.78, 5) is 115. The second-order valence-corrected chi connectivity index (χ2v) is 19.6. The number of amides is 8. The Hall–Kier alpha value is -8.14. The number of primary amides is 1. The molecule has 27 heteroatoms. The largest absolute Gasteiger partial charge is 0.496 e. The number of H-pyrrole nitrogens is 1. The number of imide groups is 1. The number of aromatic amines is 1. The molecule has 27 nitrogen and oxygen atoms in total. The number of benzene rings is 2. The number of nitrogens with zero attached hydrogens (tertiary/aromatic N) is 5. The molecule has 2 aliphatic rings. The molecule has 10 N–H and O–H groups in total. The summed E-state index contributed by atoms with van der Waals surface area (Å²) in [5.41, 5.74) is 14.5. The first-order valence-electron chi connectivity index (χ1n) is 27.0. The molecule has 6 rings (SSSR count). The smallest absolute Gasteiger partial charge is 0.407 e. The van der Waals surface area contributed by atoms with Crippen molar-refractivity contribution in [3.05, 3.63) is 81.8 Å². The number of piperidine rings is 1. The fourth-order valence-electron chi connectivity index (χ4n) is 8.85. The predicted octanol–water partition coefficient (Wildman–Crippen LogP) is 1.67. The van der Waals surface area contributed by atoms with Gasteiger partial charge in [-0.25, -0.2) is 14.4 Å². The molecule has 2 aliphatic heterocycles. The molecule has 0 bridgehead atoms. The maximum absolute atomic E-state index is 13.6. The van der Waals surface area contributed by atoms with Gasteiger partial charge in [-0.1, -0.05) is 38.1 Å². The number of imidazole rings is 1. The number of ether oxygens (including phenoxy) is 6. The number of urea groups is 1. The lowest BCUT2D eigenvalue weighted by molar-refractivity contribution is -0.137. The molecule has 4 aromatic rings. The van der Waals surface area contributed by atoms with Gasteiger partial charge in [0.15, 0.2) is 11.5 Å². The zero-order chi connectivity index (χ0) is 58.3. The van der Waals surface area contributed by atoms with Crippen LogP contribution in [0, 0.1) is 11.8 Å². The monoisotopic (exact) mass is 1130 g/mol. The van der Waals surface area contributed by atoms with Gasteiger partial charge in [0.05, 0.1) is 66.4 Å². The number of alkyl carbamates (subject to hydrolysis) is 1. The van der Waals surface area contributed by atoms with Crippen molar-refractivity contribution in [1.29, 1.82) is 0 Å².